The van der Waals surface area contributed by atoms with Gasteiger partial charge in [0.25, 0.3) is 11.8 Å². The third-order valence-electron chi connectivity index (χ3n) is 3.54. The maximum Gasteiger partial charge on any atom is 0.334 e. The first-order chi connectivity index (χ1) is 10.7. The second-order valence-corrected chi connectivity index (χ2v) is 5.07. The van der Waals surface area contributed by atoms with E-state index in [9.17, 15) is 15.0 Å². The first-order valence-corrected chi connectivity index (χ1v) is 6.96. The van der Waals surface area contributed by atoms with Crippen LogP contribution in [0.5, 0.6) is 11.8 Å². The molecule has 2 N–H and O–H groups in total. The lowest BCUT2D eigenvalue weighted by atomic mass is 10.2. The van der Waals surface area contributed by atoms with E-state index in [1.807, 2.05) is 60.7 Å². The summed E-state index contributed by atoms with van der Waals surface area (Å²) in [5.41, 5.74) is 1.30. The molecule has 0 spiro atoms. The van der Waals surface area contributed by atoms with Gasteiger partial charge in [0.2, 0.25) is 0 Å². The molecule has 3 aromatic rings. The summed E-state index contributed by atoms with van der Waals surface area (Å²) in [7, 11) is 0. The topological polar surface area (TPSA) is 67.4 Å². The lowest BCUT2D eigenvalue weighted by molar-refractivity contribution is 0.360. The molecular formula is C17H16N2O3. The van der Waals surface area contributed by atoms with Crippen LogP contribution in [-0.4, -0.2) is 19.3 Å². The zero-order valence-electron chi connectivity index (χ0n) is 11.9. The van der Waals surface area contributed by atoms with E-state index in [-0.39, 0.29) is 13.1 Å². The minimum atomic E-state index is -0.442. The van der Waals surface area contributed by atoms with Crippen molar-refractivity contribution in [1.82, 2.24) is 9.13 Å². The summed E-state index contributed by atoms with van der Waals surface area (Å²) in [6.45, 7) is 0.418. The SMILES string of the molecule is O=c1n(Cc2ccccc2)c(O)c(O)n1Cc1ccccc1. The quantitative estimate of drug-likeness (QED) is 0.775. The number of benzene rings is 2. The molecule has 5 nitrogen and oxygen atoms in total. The van der Waals surface area contributed by atoms with Crippen molar-refractivity contribution in [3.05, 3.63) is 82.3 Å². The maximum atomic E-state index is 12.4. The standard InChI is InChI=1S/C17H16N2O3/c20-15-16(21)19(12-14-9-5-2-6-10-14)17(22)18(15)11-13-7-3-1-4-8-13/h1-10,20-21H,11-12H2. The van der Waals surface area contributed by atoms with Crippen molar-refractivity contribution < 1.29 is 10.2 Å². The van der Waals surface area contributed by atoms with Gasteiger partial charge in [-0.25, -0.2) is 4.79 Å². The van der Waals surface area contributed by atoms with Crippen molar-refractivity contribution in [3.63, 3.8) is 0 Å². The normalized spacial score (nSPS) is 10.7. The Kier molecular flexibility index (Phi) is 3.70. The van der Waals surface area contributed by atoms with Crippen molar-refractivity contribution in [2.75, 3.05) is 0 Å². The van der Waals surface area contributed by atoms with Gasteiger partial charge < -0.3 is 10.2 Å². The first-order valence-electron chi connectivity index (χ1n) is 6.96. The molecule has 0 radical (unpaired) electrons. The lowest BCUT2D eigenvalue weighted by Gasteiger charge is -2.03. The molecule has 0 aliphatic heterocycles. The highest BCUT2D eigenvalue weighted by molar-refractivity contribution is 5.29. The Morgan fingerprint density at radius 2 is 1.05 bits per heavy atom. The zero-order valence-corrected chi connectivity index (χ0v) is 11.9. The average molecular weight is 296 g/mol. The Balaban J connectivity index is 1.96. The fourth-order valence-corrected chi connectivity index (χ4v) is 2.39. The molecule has 2 aromatic carbocycles. The van der Waals surface area contributed by atoms with Gasteiger partial charge in [0.1, 0.15) is 0 Å². The van der Waals surface area contributed by atoms with Crippen LogP contribution in [0.2, 0.25) is 0 Å². The molecule has 1 aromatic heterocycles. The van der Waals surface area contributed by atoms with E-state index in [0.29, 0.717) is 0 Å². The molecule has 3 rings (SSSR count). The summed E-state index contributed by atoms with van der Waals surface area (Å²) in [5, 5.41) is 20.1. The highest BCUT2D eigenvalue weighted by atomic mass is 16.3. The zero-order chi connectivity index (χ0) is 15.5. The van der Waals surface area contributed by atoms with Gasteiger partial charge in [-0.3, -0.25) is 9.13 Å². The van der Waals surface area contributed by atoms with Crippen LogP contribution in [0.3, 0.4) is 0 Å². The molecular weight excluding hydrogens is 280 g/mol. The Hall–Kier alpha value is -2.95. The number of aromatic hydroxyl groups is 2. The molecule has 0 saturated heterocycles. The second-order valence-electron chi connectivity index (χ2n) is 5.07. The van der Waals surface area contributed by atoms with E-state index < -0.39 is 17.4 Å². The fraction of sp³-hybridized carbons (Fsp3) is 0.118. The van der Waals surface area contributed by atoms with Crippen molar-refractivity contribution in [1.29, 1.82) is 0 Å². The smallest absolute Gasteiger partial charge is 0.334 e. The van der Waals surface area contributed by atoms with Gasteiger partial charge in [-0.15, -0.1) is 0 Å². The van der Waals surface area contributed by atoms with E-state index in [1.165, 1.54) is 0 Å². The van der Waals surface area contributed by atoms with Gasteiger partial charge in [-0.1, -0.05) is 60.7 Å². The number of hydrogen-bond donors (Lipinski definition) is 2. The third kappa shape index (κ3) is 2.61. The molecule has 0 fully saturated rings. The lowest BCUT2D eigenvalue weighted by Crippen LogP contribution is -2.25. The van der Waals surface area contributed by atoms with Crippen LogP contribution < -0.4 is 5.69 Å². The molecule has 0 aliphatic rings. The van der Waals surface area contributed by atoms with Crippen LogP contribution in [0.1, 0.15) is 11.1 Å². The van der Waals surface area contributed by atoms with Crippen molar-refractivity contribution in [2.24, 2.45) is 0 Å². The van der Waals surface area contributed by atoms with Crippen LogP contribution in [0.4, 0.5) is 0 Å². The van der Waals surface area contributed by atoms with Crippen molar-refractivity contribution >= 4 is 0 Å². The monoisotopic (exact) mass is 296 g/mol. The van der Waals surface area contributed by atoms with Crippen LogP contribution in [-0.2, 0) is 13.1 Å². The summed E-state index contributed by atoms with van der Waals surface area (Å²) >= 11 is 0. The van der Waals surface area contributed by atoms with Crippen LogP contribution >= 0.6 is 0 Å². The van der Waals surface area contributed by atoms with Crippen LogP contribution in [0.25, 0.3) is 0 Å². The third-order valence-corrected chi connectivity index (χ3v) is 3.54. The second kappa shape index (κ2) is 5.81. The average Bonchev–Trinajstić information content (AvgIpc) is 2.75. The summed E-state index contributed by atoms with van der Waals surface area (Å²) in [5.74, 6) is -0.824. The van der Waals surface area contributed by atoms with Crippen LogP contribution in [0, 0.1) is 0 Å². The van der Waals surface area contributed by atoms with E-state index in [0.717, 1.165) is 20.3 Å². The molecule has 0 unspecified atom stereocenters. The van der Waals surface area contributed by atoms with E-state index in [2.05, 4.69) is 0 Å². The molecule has 0 bridgehead atoms. The highest BCUT2D eigenvalue weighted by Crippen LogP contribution is 2.24. The number of nitrogens with zero attached hydrogens (tertiary/aromatic N) is 2. The molecule has 0 amide bonds. The molecule has 0 aliphatic carbocycles. The number of imidazole rings is 1. The van der Waals surface area contributed by atoms with Gasteiger partial charge in [0.15, 0.2) is 0 Å². The maximum absolute atomic E-state index is 12.4. The van der Waals surface area contributed by atoms with E-state index >= 15 is 0 Å². The van der Waals surface area contributed by atoms with Gasteiger partial charge in [0, 0.05) is 0 Å². The summed E-state index contributed by atoms with van der Waals surface area (Å²) in [4.78, 5) is 12.4. The largest absolute Gasteiger partial charge is 0.491 e. The first kappa shape index (κ1) is 14.0. The molecule has 0 atom stereocenters. The molecule has 112 valence electrons. The van der Waals surface area contributed by atoms with Gasteiger partial charge in [0.05, 0.1) is 13.1 Å². The molecule has 22 heavy (non-hydrogen) atoms. The van der Waals surface area contributed by atoms with Gasteiger partial charge >= 0.3 is 5.69 Å². The van der Waals surface area contributed by atoms with Gasteiger partial charge in [-0.2, -0.15) is 0 Å². The predicted molar refractivity (Wildman–Crippen MR) is 83.1 cm³/mol. The minimum Gasteiger partial charge on any atom is -0.491 e. The minimum absolute atomic E-state index is 0.209. The Labute approximate surface area is 127 Å². The Morgan fingerprint density at radius 1 is 0.682 bits per heavy atom. The number of aromatic nitrogens is 2. The van der Waals surface area contributed by atoms with E-state index in [1.54, 1.807) is 0 Å². The Bertz CT molecular complexity index is 752. The molecule has 5 heteroatoms. The van der Waals surface area contributed by atoms with E-state index in [4.69, 9.17) is 0 Å². The summed E-state index contributed by atoms with van der Waals surface area (Å²) in [6, 6.07) is 18.6. The van der Waals surface area contributed by atoms with Crippen molar-refractivity contribution in [3.8, 4) is 11.8 Å². The van der Waals surface area contributed by atoms with Crippen LogP contribution in [0.15, 0.2) is 65.5 Å². The molecule has 0 saturated carbocycles. The predicted octanol–water partition coefficient (Wildman–Crippen LogP) is 2.16. The van der Waals surface area contributed by atoms with Gasteiger partial charge in [-0.05, 0) is 11.1 Å². The summed E-state index contributed by atoms with van der Waals surface area (Å²) < 4.78 is 2.32. The highest BCUT2D eigenvalue weighted by Gasteiger charge is 2.18. The van der Waals surface area contributed by atoms with Crippen molar-refractivity contribution in [2.45, 2.75) is 13.1 Å². The summed E-state index contributed by atoms with van der Waals surface area (Å²) in [6.07, 6.45) is 0. The Morgan fingerprint density at radius 3 is 1.41 bits per heavy atom. The number of hydrogen-bond acceptors (Lipinski definition) is 3. The molecule has 1 heterocycles. The fourth-order valence-electron chi connectivity index (χ4n) is 2.39. The number of rotatable bonds is 4.